The van der Waals surface area contributed by atoms with Crippen LogP contribution in [0.25, 0.3) is 11.1 Å². The van der Waals surface area contributed by atoms with E-state index in [0.717, 1.165) is 37.3 Å². The summed E-state index contributed by atoms with van der Waals surface area (Å²) in [5.74, 6) is -0.562. The van der Waals surface area contributed by atoms with E-state index < -0.39 is 0 Å². The maximum Gasteiger partial charge on any atom is 0.131 e. The van der Waals surface area contributed by atoms with Crippen molar-refractivity contribution in [2.24, 2.45) is 0 Å². The Morgan fingerprint density at radius 3 is 2.38 bits per heavy atom. The molecule has 21 heavy (non-hydrogen) atoms. The Labute approximate surface area is 123 Å². The van der Waals surface area contributed by atoms with Gasteiger partial charge in [-0.25, -0.2) is 8.78 Å². The highest BCUT2D eigenvalue weighted by atomic mass is 19.1. The lowest BCUT2D eigenvalue weighted by Crippen LogP contribution is -2.42. The summed E-state index contributed by atoms with van der Waals surface area (Å²) in [7, 11) is 0. The van der Waals surface area contributed by atoms with Crippen LogP contribution >= 0.6 is 0 Å². The Kier molecular flexibility index (Phi) is 4.27. The SMILES string of the molecule is Fc1ccc(-c2c(F)cccc2CN2CCNCC2)cc1. The van der Waals surface area contributed by atoms with Gasteiger partial charge in [-0.3, -0.25) is 4.90 Å². The number of nitrogens with zero attached hydrogens (tertiary/aromatic N) is 1. The molecule has 1 heterocycles. The molecule has 0 saturated carbocycles. The van der Waals surface area contributed by atoms with Crippen molar-refractivity contribution < 1.29 is 8.78 Å². The molecule has 3 rings (SSSR count). The summed E-state index contributed by atoms with van der Waals surface area (Å²) >= 11 is 0. The Morgan fingerprint density at radius 1 is 0.952 bits per heavy atom. The quantitative estimate of drug-likeness (QED) is 0.934. The van der Waals surface area contributed by atoms with Crippen LogP contribution in [0.4, 0.5) is 8.78 Å². The third-order valence-corrected chi connectivity index (χ3v) is 3.84. The van der Waals surface area contributed by atoms with E-state index in [0.29, 0.717) is 12.1 Å². The summed E-state index contributed by atoms with van der Waals surface area (Å²) in [5.41, 5.74) is 2.25. The minimum Gasteiger partial charge on any atom is -0.314 e. The molecule has 110 valence electrons. The van der Waals surface area contributed by atoms with Gasteiger partial charge < -0.3 is 5.32 Å². The topological polar surface area (TPSA) is 15.3 Å². The zero-order valence-electron chi connectivity index (χ0n) is 11.8. The molecule has 0 unspecified atom stereocenters. The van der Waals surface area contributed by atoms with Crippen molar-refractivity contribution in [3.05, 3.63) is 59.7 Å². The fraction of sp³-hybridized carbons (Fsp3) is 0.294. The summed E-state index contributed by atoms with van der Waals surface area (Å²) in [6.45, 7) is 4.55. The van der Waals surface area contributed by atoms with Crippen LogP contribution < -0.4 is 5.32 Å². The lowest BCUT2D eigenvalue weighted by atomic mass is 9.98. The Balaban J connectivity index is 1.93. The second-order valence-electron chi connectivity index (χ2n) is 5.31. The van der Waals surface area contributed by atoms with Crippen molar-refractivity contribution in [3.63, 3.8) is 0 Å². The molecule has 0 amide bonds. The van der Waals surface area contributed by atoms with E-state index in [4.69, 9.17) is 0 Å². The maximum absolute atomic E-state index is 14.3. The fourth-order valence-corrected chi connectivity index (χ4v) is 2.75. The molecule has 0 spiro atoms. The van der Waals surface area contributed by atoms with Gasteiger partial charge in [-0.05, 0) is 29.3 Å². The maximum atomic E-state index is 14.3. The van der Waals surface area contributed by atoms with Crippen LogP contribution in [-0.4, -0.2) is 31.1 Å². The van der Waals surface area contributed by atoms with E-state index in [9.17, 15) is 8.78 Å². The Morgan fingerprint density at radius 2 is 1.67 bits per heavy atom. The smallest absolute Gasteiger partial charge is 0.131 e. The van der Waals surface area contributed by atoms with Gasteiger partial charge in [0, 0.05) is 38.3 Å². The van der Waals surface area contributed by atoms with Crippen LogP contribution in [0, 0.1) is 11.6 Å². The zero-order valence-corrected chi connectivity index (χ0v) is 11.8. The molecule has 1 aliphatic heterocycles. The molecule has 4 heteroatoms. The van der Waals surface area contributed by atoms with Crippen molar-refractivity contribution in [2.45, 2.75) is 6.54 Å². The molecule has 1 saturated heterocycles. The van der Waals surface area contributed by atoms with Gasteiger partial charge in [0.25, 0.3) is 0 Å². The highest BCUT2D eigenvalue weighted by molar-refractivity contribution is 5.68. The number of hydrogen-bond donors (Lipinski definition) is 1. The minimum atomic E-state index is -0.307. The largest absolute Gasteiger partial charge is 0.314 e. The van der Waals surface area contributed by atoms with Gasteiger partial charge in [0.1, 0.15) is 11.6 Å². The second-order valence-corrected chi connectivity index (χ2v) is 5.31. The molecule has 2 aromatic carbocycles. The first kappa shape index (κ1) is 14.2. The van der Waals surface area contributed by atoms with Gasteiger partial charge in [-0.15, -0.1) is 0 Å². The normalized spacial score (nSPS) is 16.1. The van der Waals surface area contributed by atoms with Gasteiger partial charge in [0.2, 0.25) is 0 Å². The van der Waals surface area contributed by atoms with Gasteiger partial charge in [0.05, 0.1) is 0 Å². The van der Waals surface area contributed by atoms with Crippen molar-refractivity contribution in [1.82, 2.24) is 10.2 Å². The summed E-state index contributed by atoms with van der Waals surface area (Å²) in [6.07, 6.45) is 0. The van der Waals surface area contributed by atoms with Gasteiger partial charge in [-0.1, -0.05) is 24.3 Å². The molecule has 0 aromatic heterocycles. The van der Waals surface area contributed by atoms with Crippen LogP contribution in [0.15, 0.2) is 42.5 Å². The second kappa shape index (κ2) is 6.33. The first-order valence-electron chi connectivity index (χ1n) is 7.20. The van der Waals surface area contributed by atoms with Crippen molar-refractivity contribution in [1.29, 1.82) is 0 Å². The first-order valence-corrected chi connectivity index (χ1v) is 7.20. The molecule has 0 aliphatic carbocycles. The number of hydrogen-bond acceptors (Lipinski definition) is 2. The highest BCUT2D eigenvalue weighted by Gasteiger charge is 2.15. The number of piperazine rings is 1. The van der Waals surface area contributed by atoms with Gasteiger partial charge in [0.15, 0.2) is 0 Å². The fourth-order valence-electron chi connectivity index (χ4n) is 2.75. The van der Waals surface area contributed by atoms with E-state index in [1.165, 1.54) is 18.2 Å². The monoisotopic (exact) mass is 288 g/mol. The van der Waals surface area contributed by atoms with Gasteiger partial charge in [-0.2, -0.15) is 0 Å². The lowest BCUT2D eigenvalue weighted by Gasteiger charge is -2.28. The van der Waals surface area contributed by atoms with Crippen LogP contribution in [0.3, 0.4) is 0 Å². The van der Waals surface area contributed by atoms with Crippen LogP contribution in [0.1, 0.15) is 5.56 Å². The van der Waals surface area contributed by atoms with E-state index >= 15 is 0 Å². The van der Waals surface area contributed by atoms with Crippen LogP contribution in [-0.2, 0) is 6.54 Å². The summed E-state index contributed by atoms with van der Waals surface area (Å²) in [4.78, 5) is 2.30. The summed E-state index contributed by atoms with van der Waals surface area (Å²) in [5, 5.41) is 3.31. The third-order valence-electron chi connectivity index (χ3n) is 3.84. The Hall–Kier alpha value is -1.78. The highest BCUT2D eigenvalue weighted by Crippen LogP contribution is 2.28. The molecule has 0 radical (unpaired) electrons. The molecule has 2 nitrogen and oxygen atoms in total. The average molecular weight is 288 g/mol. The number of nitrogens with one attached hydrogen (secondary N) is 1. The van der Waals surface area contributed by atoms with Crippen LogP contribution in [0.2, 0.25) is 0 Å². The number of benzene rings is 2. The molecular weight excluding hydrogens is 270 g/mol. The first-order chi connectivity index (χ1) is 10.2. The summed E-state index contributed by atoms with van der Waals surface area (Å²) < 4.78 is 27.3. The van der Waals surface area contributed by atoms with E-state index in [1.807, 2.05) is 6.07 Å². The molecule has 1 aliphatic rings. The average Bonchev–Trinajstić information content (AvgIpc) is 2.50. The zero-order chi connectivity index (χ0) is 14.7. The summed E-state index contributed by atoms with van der Waals surface area (Å²) in [6, 6.07) is 11.2. The molecule has 1 N–H and O–H groups in total. The molecule has 0 bridgehead atoms. The number of rotatable bonds is 3. The molecule has 2 aromatic rings. The predicted octanol–water partition coefficient (Wildman–Crippen LogP) is 3.04. The molecule has 0 atom stereocenters. The minimum absolute atomic E-state index is 0.255. The third kappa shape index (κ3) is 3.28. The predicted molar refractivity (Wildman–Crippen MR) is 79.9 cm³/mol. The van der Waals surface area contributed by atoms with E-state index in [2.05, 4.69) is 10.2 Å². The van der Waals surface area contributed by atoms with E-state index in [-0.39, 0.29) is 11.6 Å². The van der Waals surface area contributed by atoms with E-state index in [1.54, 1.807) is 18.2 Å². The Bertz CT molecular complexity index is 605. The van der Waals surface area contributed by atoms with Crippen LogP contribution in [0.5, 0.6) is 0 Å². The van der Waals surface area contributed by atoms with Crippen molar-refractivity contribution >= 4 is 0 Å². The lowest BCUT2D eigenvalue weighted by molar-refractivity contribution is 0.233. The van der Waals surface area contributed by atoms with Gasteiger partial charge >= 0.3 is 0 Å². The standard InChI is InChI=1S/C17H18F2N2/c18-15-6-4-13(5-7-15)17-14(2-1-3-16(17)19)12-21-10-8-20-9-11-21/h1-7,20H,8-12H2. The molecular formula is C17H18F2N2. The van der Waals surface area contributed by atoms with Crippen molar-refractivity contribution in [2.75, 3.05) is 26.2 Å². The number of halogens is 2. The van der Waals surface area contributed by atoms with Crippen molar-refractivity contribution in [3.8, 4) is 11.1 Å². The molecule has 1 fully saturated rings.